The molecule has 0 bridgehead atoms. The van der Waals surface area contributed by atoms with E-state index in [0.29, 0.717) is 5.56 Å². The number of benzene rings is 1. The zero-order chi connectivity index (χ0) is 11.4. The van der Waals surface area contributed by atoms with Crippen LogP contribution in [0.25, 0.3) is 0 Å². The number of halogens is 1. The molecule has 0 unspecified atom stereocenters. The van der Waals surface area contributed by atoms with E-state index in [-0.39, 0.29) is 0 Å². The Kier molecular flexibility index (Phi) is 3.18. The molecule has 2 rings (SSSR count). The van der Waals surface area contributed by atoms with Crippen LogP contribution in [0.2, 0.25) is 0 Å². The van der Waals surface area contributed by atoms with Gasteiger partial charge < -0.3 is 5.32 Å². The van der Waals surface area contributed by atoms with Crippen molar-refractivity contribution in [3.8, 4) is 6.07 Å². The highest BCUT2D eigenvalue weighted by molar-refractivity contribution is 9.10. The minimum atomic E-state index is 0.646. The summed E-state index contributed by atoms with van der Waals surface area (Å²) in [6.45, 7) is 0. The normalized spacial score (nSPS) is 9.50. The van der Waals surface area contributed by atoms with Crippen LogP contribution in [0.4, 0.5) is 11.5 Å². The molecule has 0 amide bonds. The van der Waals surface area contributed by atoms with Gasteiger partial charge in [-0.2, -0.15) is 5.26 Å². The number of anilines is 2. The van der Waals surface area contributed by atoms with Crippen LogP contribution < -0.4 is 5.32 Å². The first-order valence-electron chi connectivity index (χ1n) is 4.68. The van der Waals surface area contributed by atoms with E-state index in [4.69, 9.17) is 5.26 Å². The van der Waals surface area contributed by atoms with Crippen molar-refractivity contribution in [3.05, 3.63) is 52.6 Å². The molecule has 1 aromatic heterocycles. The average Bonchev–Trinajstić information content (AvgIpc) is 2.30. The first-order chi connectivity index (χ1) is 7.78. The number of hydrogen-bond acceptors (Lipinski definition) is 3. The van der Waals surface area contributed by atoms with Crippen molar-refractivity contribution >= 4 is 27.4 Å². The topological polar surface area (TPSA) is 48.7 Å². The van der Waals surface area contributed by atoms with Crippen molar-refractivity contribution in [2.45, 2.75) is 0 Å². The highest BCUT2D eigenvalue weighted by Crippen LogP contribution is 2.16. The lowest BCUT2D eigenvalue weighted by Gasteiger charge is -2.05. The first-order valence-corrected chi connectivity index (χ1v) is 5.47. The minimum Gasteiger partial charge on any atom is -0.340 e. The monoisotopic (exact) mass is 273 g/mol. The van der Waals surface area contributed by atoms with Crippen molar-refractivity contribution in [2.75, 3.05) is 5.32 Å². The maximum atomic E-state index is 8.67. The SMILES string of the molecule is N#Cc1ccc(Nc2cccc(Br)n2)cc1. The van der Waals surface area contributed by atoms with Crippen LogP contribution in [0.15, 0.2) is 47.1 Å². The van der Waals surface area contributed by atoms with Gasteiger partial charge in [-0.15, -0.1) is 0 Å². The van der Waals surface area contributed by atoms with E-state index in [1.54, 1.807) is 12.1 Å². The molecule has 0 saturated carbocycles. The van der Waals surface area contributed by atoms with Gasteiger partial charge in [0.1, 0.15) is 10.4 Å². The molecule has 0 aliphatic carbocycles. The lowest BCUT2D eigenvalue weighted by Crippen LogP contribution is -1.93. The third-order valence-electron chi connectivity index (χ3n) is 2.00. The summed E-state index contributed by atoms with van der Waals surface area (Å²) >= 11 is 3.30. The summed E-state index contributed by atoms with van der Waals surface area (Å²) in [6.07, 6.45) is 0. The standard InChI is InChI=1S/C12H8BrN3/c13-11-2-1-3-12(16-11)15-10-6-4-9(8-14)5-7-10/h1-7H,(H,15,16). The average molecular weight is 274 g/mol. The van der Waals surface area contributed by atoms with Crippen LogP contribution in [0.1, 0.15) is 5.56 Å². The van der Waals surface area contributed by atoms with Crippen LogP contribution in [0, 0.1) is 11.3 Å². The third kappa shape index (κ3) is 2.59. The Morgan fingerprint density at radius 2 is 1.88 bits per heavy atom. The van der Waals surface area contributed by atoms with Gasteiger partial charge in [0.15, 0.2) is 0 Å². The Morgan fingerprint density at radius 3 is 2.50 bits per heavy atom. The van der Waals surface area contributed by atoms with Crippen molar-refractivity contribution in [2.24, 2.45) is 0 Å². The zero-order valence-corrected chi connectivity index (χ0v) is 9.90. The van der Waals surface area contributed by atoms with Gasteiger partial charge in [-0.05, 0) is 52.3 Å². The highest BCUT2D eigenvalue weighted by atomic mass is 79.9. The molecule has 0 saturated heterocycles. The van der Waals surface area contributed by atoms with Crippen LogP contribution >= 0.6 is 15.9 Å². The second kappa shape index (κ2) is 4.77. The molecule has 1 N–H and O–H groups in total. The molecule has 0 spiro atoms. The summed E-state index contributed by atoms with van der Waals surface area (Å²) in [5.74, 6) is 0.763. The van der Waals surface area contributed by atoms with Gasteiger partial charge in [-0.1, -0.05) is 6.07 Å². The Balaban J connectivity index is 2.18. The van der Waals surface area contributed by atoms with Crippen molar-refractivity contribution in [1.29, 1.82) is 5.26 Å². The summed E-state index contributed by atoms with van der Waals surface area (Å²) in [6, 6.07) is 15.0. The highest BCUT2D eigenvalue weighted by Gasteiger charge is 1.97. The largest absolute Gasteiger partial charge is 0.340 e. The number of nitrogens with zero attached hydrogens (tertiary/aromatic N) is 2. The Morgan fingerprint density at radius 1 is 1.12 bits per heavy atom. The Bertz CT molecular complexity index is 529. The van der Waals surface area contributed by atoms with Gasteiger partial charge in [-0.25, -0.2) is 4.98 Å². The number of nitrogens with one attached hydrogen (secondary N) is 1. The second-order valence-electron chi connectivity index (χ2n) is 3.16. The molecule has 78 valence electrons. The van der Waals surface area contributed by atoms with Gasteiger partial charge in [0.05, 0.1) is 11.6 Å². The van der Waals surface area contributed by atoms with E-state index in [1.165, 1.54) is 0 Å². The quantitative estimate of drug-likeness (QED) is 0.853. The molecule has 0 aliphatic rings. The van der Waals surface area contributed by atoms with Crippen molar-refractivity contribution in [3.63, 3.8) is 0 Å². The molecule has 0 radical (unpaired) electrons. The fourth-order valence-corrected chi connectivity index (χ4v) is 1.60. The summed E-state index contributed by atoms with van der Waals surface area (Å²) in [4.78, 5) is 4.25. The van der Waals surface area contributed by atoms with E-state index >= 15 is 0 Å². The van der Waals surface area contributed by atoms with Gasteiger partial charge in [0.2, 0.25) is 0 Å². The number of hydrogen-bond donors (Lipinski definition) is 1. The van der Waals surface area contributed by atoms with E-state index in [0.717, 1.165) is 16.1 Å². The molecule has 0 aliphatic heterocycles. The maximum absolute atomic E-state index is 8.67. The first kappa shape index (κ1) is 10.7. The van der Waals surface area contributed by atoms with Gasteiger partial charge >= 0.3 is 0 Å². The molecular weight excluding hydrogens is 266 g/mol. The molecular formula is C12H8BrN3. The molecule has 2 aromatic rings. The van der Waals surface area contributed by atoms with E-state index < -0.39 is 0 Å². The molecule has 1 aromatic carbocycles. The Labute approximate surface area is 102 Å². The number of aromatic nitrogens is 1. The predicted octanol–water partition coefficient (Wildman–Crippen LogP) is 3.46. The minimum absolute atomic E-state index is 0.646. The van der Waals surface area contributed by atoms with E-state index in [9.17, 15) is 0 Å². The lowest BCUT2D eigenvalue weighted by atomic mass is 10.2. The number of rotatable bonds is 2. The van der Waals surface area contributed by atoms with E-state index in [2.05, 4.69) is 32.3 Å². The molecule has 16 heavy (non-hydrogen) atoms. The fourth-order valence-electron chi connectivity index (χ4n) is 1.25. The summed E-state index contributed by atoms with van der Waals surface area (Å²) in [7, 11) is 0. The van der Waals surface area contributed by atoms with E-state index in [1.807, 2.05) is 30.3 Å². The van der Waals surface area contributed by atoms with Crippen molar-refractivity contribution < 1.29 is 0 Å². The smallest absolute Gasteiger partial charge is 0.131 e. The van der Waals surface area contributed by atoms with Gasteiger partial charge in [-0.3, -0.25) is 0 Å². The third-order valence-corrected chi connectivity index (χ3v) is 2.44. The molecule has 0 atom stereocenters. The second-order valence-corrected chi connectivity index (χ2v) is 3.97. The number of nitriles is 1. The molecule has 1 heterocycles. The molecule has 3 nitrogen and oxygen atoms in total. The van der Waals surface area contributed by atoms with Crippen LogP contribution in [-0.2, 0) is 0 Å². The van der Waals surface area contributed by atoms with Crippen LogP contribution in [0.5, 0.6) is 0 Å². The Hall–Kier alpha value is -1.86. The van der Waals surface area contributed by atoms with Crippen LogP contribution in [-0.4, -0.2) is 4.98 Å². The lowest BCUT2D eigenvalue weighted by molar-refractivity contribution is 1.26. The maximum Gasteiger partial charge on any atom is 0.131 e. The summed E-state index contributed by atoms with van der Waals surface area (Å²) in [5.41, 5.74) is 1.55. The van der Waals surface area contributed by atoms with Crippen molar-refractivity contribution in [1.82, 2.24) is 4.98 Å². The molecule has 4 heteroatoms. The molecule has 0 fully saturated rings. The predicted molar refractivity (Wildman–Crippen MR) is 66.4 cm³/mol. The summed E-state index contributed by atoms with van der Waals surface area (Å²) < 4.78 is 0.783. The van der Waals surface area contributed by atoms with Crippen LogP contribution in [0.3, 0.4) is 0 Å². The van der Waals surface area contributed by atoms with Gasteiger partial charge in [0, 0.05) is 5.69 Å². The summed E-state index contributed by atoms with van der Waals surface area (Å²) in [5, 5.41) is 11.8. The number of pyridine rings is 1. The van der Waals surface area contributed by atoms with Gasteiger partial charge in [0.25, 0.3) is 0 Å². The zero-order valence-electron chi connectivity index (χ0n) is 8.31. The fraction of sp³-hybridized carbons (Fsp3) is 0.